The zero-order valence-corrected chi connectivity index (χ0v) is 12.2. The van der Waals surface area contributed by atoms with E-state index in [4.69, 9.17) is 9.52 Å². The first-order valence-electron chi connectivity index (χ1n) is 7.23. The Balaban J connectivity index is 1.86. The molecule has 0 saturated heterocycles. The summed E-state index contributed by atoms with van der Waals surface area (Å²) in [7, 11) is 0. The first-order valence-corrected chi connectivity index (χ1v) is 7.23. The molecule has 0 radical (unpaired) electrons. The van der Waals surface area contributed by atoms with Crippen LogP contribution < -0.4 is 0 Å². The van der Waals surface area contributed by atoms with Crippen LogP contribution in [-0.2, 0) is 6.54 Å². The molecule has 0 aliphatic rings. The molecule has 0 saturated carbocycles. The van der Waals surface area contributed by atoms with Gasteiger partial charge in [-0.15, -0.1) is 0 Å². The summed E-state index contributed by atoms with van der Waals surface area (Å²) < 4.78 is 7.53. The van der Waals surface area contributed by atoms with Gasteiger partial charge in [0.2, 0.25) is 5.89 Å². The maximum Gasteiger partial charge on any atom is 0.247 e. The Morgan fingerprint density at radius 1 is 1.00 bits per heavy atom. The fourth-order valence-electron chi connectivity index (χ4n) is 2.63. The van der Waals surface area contributed by atoms with Crippen molar-refractivity contribution in [1.29, 1.82) is 0 Å². The highest BCUT2D eigenvalue weighted by atomic mass is 16.3. The summed E-state index contributed by atoms with van der Waals surface area (Å²) in [5.41, 5.74) is 3.94. The molecule has 4 aromatic rings. The summed E-state index contributed by atoms with van der Waals surface area (Å²) in [6.45, 7) is 2.64. The molecule has 0 aliphatic carbocycles. The third-order valence-electron chi connectivity index (χ3n) is 3.65. The van der Waals surface area contributed by atoms with E-state index in [2.05, 4.69) is 29.2 Å². The van der Waals surface area contributed by atoms with Crippen molar-refractivity contribution in [2.75, 3.05) is 0 Å². The van der Waals surface area contributed by atoms with Crippen LogP contribution in [-0.4, -0.2) is 14.8 Å². The van der Waals surface area contributed by atoms with Gasteiger partial charge in [-0.1, -0.05) is 48.5 Å². The summed E-state index contributed by atoms with van der Waals surface area (Å²) >= 11 is 0. The SMILES string of the molecule is Cc1coc(-c2nn(Cc3ccccc3)c3ccccc23)n1. The molecular formula is C18H15N3O. The van der Waals surface area contributed by atoms with Crippen molar-refractivity contribution < 1.29 is 4.42 Å². The molecule has 2 aromatic carbocycles. The topological polar surface area (TPSA) is 43.9 Å². The number of rotatable bonds is 3. The van der Waals surface area contributed by atoms with E-state index in [0.717, 1.165) is 28.8 Å². The van der Waals surface area contributed by atoms with E-state index in [9.17, 15) is 0 Å². The van der Waals surface area contributed by atoms with E-state index in [1.807, 2.05) is 41.9 Å². The lowest BCUT2D eigenvalue weighted by Gasteiger charge is -2.03. The van der Waals surface area contributed by atoms with E-state index in [0.29, 0.717) is 5.89 Å². The largest absolute Gasteiger partial charge is 0.443 e. The molecule has 0 fully saturated rings. The van der Waals surface area contributed by atoms with Crippen LogP contribution in [0.3, 0.4) is 0 Å². The van der Waals surface area contributed by atoms with Crippen LogP contribution in [0.5, 0.6) is 0 Å². The van der Waals surface area contributed by atoms with Gasteiger partial charge in [-0.3, -0.25) is 4.68 Å². The molecule has 2 heterocycles. The lowest BCUT2D eigenvalue weighted by molar-refractivity contribution is 0.568. The zero-order chi connectivity index (χ0) is 14.9. The quantitative estimate of drug-likeness (QED) is 0.571. The van der Waals surface area contributed by atoms with Crippen LogP contribution in [0, 0.1) is 6.92 Å². The third-order valence-corrected chi connectivity index (χ3v) is 3.65. The van der Waals surface area contributed by atoms with Crippen molar-refractivity contribution in [3.8, 4) is 11.6 Å². The molecule has 0 N–H and O–H groups in total. The maximum atomic E-state index is 5.54. The van der Waals surface area contributed by atoms with Crippen molar-refractivity contribution in [3.63, 3.8) is 0 Å². The average Bonchev–Trinajstić information content (AvgIpc) is 3.13. The minimum atomic E-state index is 0.570. The molecule has 0 spiro atoms. The van der Waals surface area contributed by atoms with Crippen LogP contribution in [0.4, 0.5) is 0 Å². The second kappa shape index (κ2) is 5.15. The second-order valence-corrected chi connectivity index (χ2v) is 5.30. The summed E-state index contributed by atoms with van der Waals surface area (Å²) in [5.74, 6) is 0.570. The molecule has 22 heavy (non-hydrogen) atoms. The second-order valence-electron chi connectivity index (χ2n) is 5.30. The van der Waals surface area contributed by atoms with Gasteiger partial charge in [-0.25, -0.2) is 4.98 Å². The van der Waals surface area contributed by atoms with Gasteiger partial charge >= 0.3 is 0 Å². The number of hydrogen-bond acceptors (Lipinski definition) is 3. The summed E-state index contributed by atoms with van der Waals surface area (Å²) in [5, 5.41) is 5.78. The Morgan fingerprint density at radius 2 is 1.77 bits per heavy atom. The fraction of sp³-hybridized carbons (Fsp3) is 0.111. The molecule has 0 bridgehead atoms. The van der Waals surface area contributed by atoms with Gasteiger partial charge in [0.05, 0.1) is 17.8 Å². The smallest absolute Gasteiger partial charge is 0.247 e. The number of aromatic nitrogens is 3. The maximum absolute atomic E-state index is 5.54. The van der Waals surface area contributed by atoms with Gasteiger partial charge in [0.1, 0.15) is 6.26 Å². The van der Waals surface area contributed by atoms with Gasteiger partial charge in [-0.05, 0) is 18.6 Å². The normalized spacial score (nSPS) is 11.1. The van der Waals surface area contributed by atoms with Crippen molar-refractivity contribution in [1.82, 2.24) is 14.8 Å². The van der Waals surface area contributed by atoms with E-state index < -0.39 is 0 Å². The summed E-state index contributed by atoms with van der Waals surface area (Å²) in [6.07, 6.45) is 1.65. The van der Waals surface area contributed by atoms with Gasteiger partial charge in [0, 0.05) is 5.39 Å². The molecule has 0 unspecified atom stereocenters. The van der Waals surface area contributed by atoms with Gasteiger partial charge in [0.25, 0.3) is 0 Å². The fourth-order valence-corrected chi connectivity index (χ4v) is 2.63. The number of benzene rings is 2. The van der Waals surface area contributed by atoms with Crippen molar-refractivity contribution in [2.45, 2.75) is 13.5 Å². The van der Waals surface area contributed by atoms with Crippen LogP contribution in [0.1, 0.15) is 11.3 Å². The Kier molecular flexibility index (Phi) is 3.00. The number of aryl methyl sites for hydroxylation is 1. The third kappa shape index (κ3) is 2.19. The number of para-hydroxylation sites is 1. The molecule has 4 rings (SSSR count). The number of fused-ring (bicyclic) bond motifs is 1. The molecule has 4 heteroatoms. The Morgan fingerprint density at radius 3 is 2.55 bits per heavy atom. The van der Waals surface area contributed by atoms with E-state index in [1.54, 1.807) is 6.26 Å². The van der Waals surface area contributed by atoms with E-state index >= 15 is 0 Å². The lowest BCUT2D eigenvalue weighted by Crippen LogP contribution is -2.01. The molecule has 0 aliphatic heterocycles. The van der Waals surface area contributed by atoms with Crippen LogP contribution >= 0.6 is 0 Å². The molecule has 2 aromatic heterocycles. The lowest BCUT2D eigenvalue weighted by atomic mass is 10.2. The minimum absolute atomic E-state index is 0.570. The predicted octanol–water partition coefficient (Wildman–Crippen LogP) is 4.05. The molecule has 0 atom stereocenters. The van der Waals surface area contributed by atoms with Crippen LogP contribution in [0.15, 0.2) is 65.3 Å². The highest BCUT2D eigenvalue weighted by molar-refractivity contribution is 5.91. The van der Waals surface area contributed by atoms with Crippen LogP contribution in [0.25, 0.3) is 22.5 Å². The zero-order valence-electron chi connectivity index (χ0n) is 12.2. The minimum Gasteiger partial charge on any atom is -0.443 e. The monoisotopic (exact) mass is 289 g/mol. The van der Waals surface area contributed by atoms with E-state index in [1.165, 1.54) is 5.56 Å². The standard InChI is InChI=1S/C18H15N3O/c1-13-12-22-18(19-13)17-15-9-5-6-10-16(15)21(20-17)11-14-7-3-2-4-8-14/h2-10,12H,11H2,1H3. The summed E-state index contributed by atoms with van der Waals surface area (Å²) in [6, 6.07) is 18.5. The Labute approximate surface area is 128 Å². The Bertz CT molecular complexity index is 922. The Hall–Kier alpha value is -2.88. The highest BCUT2D eigenvalue weighted by Gasteiger charge is 2.16. The van der Waals surface area contributed by atoms with E-state index in [-0.39, 0.29) is 0 Å². The number of oxazole rings is 1. The summed E-state index contributed by atoms with van der Waals surface area (Å²) in [4.78, 5) is 4.41. The van der Waals surface area contributed by atoms with Crippen molar-refractivity contribution in [2.24, 2.45) is 0 Å². The van der Waals surface area contributed by atoms with Gasteiger partial charge < -0.3 is 4.42 Å². The molecular weight excluding hydrogens is 274 g/mol. The van der Waals surface area contributed by atoms with Gasteiger partial charge in [0.15, 0.2) is 5.69 Å². The van der Waals surface area contributed by atoms with Gasteiger partial charge in [-0.2, -0.15) is 5.10 Å². The molecule has 108 valence electrons. The predicted molar refractivity (Wildman–Crippen MR) is 85.5 cm³/mol. The number of hydrogen-bond donors (Lipinski definition) is 0. The average molecular weight is 289 g/mol. The van der Waals surface area contributed by atoms with Crippen molar-refractivity contribution in [3.05, 3.63) is 72.1 Å². The highest BCUT2D eigenvalue weighted by Crippen LogP contribution is 2.27. The molecule has 0 amide bonds. The first kappa shape index (κ1) is 12.8. The van der Waals surface area contributed by atoms with Crippen molar-refractivity contribution >= 4 is 10.9 Å². The van der Waals surface area contributed by atoms with Crippen LogP contribution in [0.2, 0.25) is 0 Å². The molecule has 4 nitrogen and oxygen atoms in total. The number of nitrogens with zero attached hydrogens (tertiary/aromatic N) is 3. The first-order chi connectivity index (χ1) is 10.8.